The van der Waals surface area contributed by atoms with Crippen molar-refractivity contribution >= 4 is 79.2 Å². The molecule has 582 valence electrons. The molecular weight excluding hydrogens is 1500 g/mol. The zero-order chi connectivity index (χ0) is 78.2. The van der Waals surface area contributed by atoms with Crippen molar-refractivity contribution in [2.45, 2.75) is 104 Å². The Kier molecular flexibility index (Phi) is 20.1. The van der Waals surface area contributed by atoms with E-state index in [2.05, 4.69) is 82.3 Å². The van der Waals surface area contributed by atoms with Gasteiger partial charge < -0.3 is 47.5 Å². The van der Waals surface area contributed by atoms with E-state index >= 15 is 0 Å². The van der Waals surface area contributed by atoms with Crippen molar-refractivity contribution in [3.63, 3.8) is 0 Å². The number of rotatable bonds is 8. The van der Waals surface area contributed by atoms with E-state index in [1.54, 1.807) is 39.4 Å². The third kappa shape index (κ3) is 15.1. The van der Waals surface area contributed by atoms with Crippen molar-refractivity contribution in [1.29, 1.82) is 0 Å². The van der Waals surface area contributed by atoms with Crippen molar-refractivity contribution in [3.05, 3.63) is 150 Å². The molecule has 40 heteroatoms. The fraction of sp³-hybridized carbons (Fsp3) is 0.437. The number of aromatic nitrogens is 17. The van der Waals surface area contributed by atoms with Gasteiger partial charge in [-0.15, -0.1) is 30.6 Å². The summed E-state index contributed by atoms with van der Waals surface area (Å²) in [6.45, 7) is 10.0. The molecule has 0 N–H and O–H groups in total. The summed E-state index contributed by atoms with van der Waals surface area (Å²) in [6.07, 6.45) is -5.57. The molecule has 0 unspecified atom stereocenters. The molecule has 6 atom stereocenters. The predicted octanol–water partition coefficient (Wildman–Crippen LogP) is 11.4. The van der Waals surface area contributed by atoms with E-state index in [4.69, 9.17) is 16.0 Å². The number of halogens is 13. The maximum Gasteiger partial charge on any atom is 0.451 e. The summed E-state index contributed by atoms with van der Waals surface area (Å²) in [7, 11) is 0. The highest BCUT2D eigenvalue weighted by molar-refractivity contribution is 6.34. The van der Waals surface area contributed by atoms with Crippen LogP contribution in [0.15, 0.2) is 109 Å². The molecule has 3 amide bonds. The lowest BCUT2D eigenvalue weighted by molar-refractivity contribution is -0.149. The number of carbonyl (C=O) groups excluding carboxylic acids is 3. The van der Waals surface area contributed by atoms with Gasteiger partial charge in [0, 0.05) is 142 Å². The number of pyridine rings is 4. The van der Waals surface area contributed by atoms with Gasteiger partial charge in [-0.25, -0.2) is 24.6 Å². The largest absolute Gasteiger partial charge is 0.451 e. The molecule has 3 fully saturated rings. The van der Waals surface area contributed by atoms with E-state index in [0.29, 0.717) is 75.5 Å². The average Bonchev–Trinajstić information content (AvgIpc) is 1.42. The van der Waals surface area contributed by atoms with Crippen molar-refractivity contribution in [2.24, 2.45) is 35.5 Å². The molecule has 0 saturated carbocycles. The van der Waals surface area contributed by atoms with Crippen molar-refractivity contribution < 1.29 is 71.5 Å². The second-order valence-corrected chi connectivity index (χ2v) is 28.7. The summed E-state index contributed by atoms with van der Waals surface area (Å²) >= 11 is 6.39. The number of hydrogen-bond donors (Lipinski definition) is 0. The first kappa shape index (κ1) is 75.3. The van der Waals surface area contributed by atoms with Crippen LogP contribution < -0.4 is 14.7 Å². The number of piperidine rings is 3. The van der Waals surface area contributed by atoms with Gasteiger partial charge in [-0.05, 0) is 97.7 Å². The van der Waals surface area contributed by atoms with Gasteiger partial charge in [-0.1, -0.05) is 32.4 Å². The Bertz CT molecular complexity index is 5060. The average molecular weight is 1570 g/mol. The van der Waals surface area contributed by atoms with Crippen LogP contribution in [0, 0.1) is 35.5 Å². The van der Waals surface area contributed by atoms with E-state index in [1.807, 2.05) is 67.3 Å². The Hall–Kier alpha value is -11.2. The Morgan fingerprint density at radius 3 is 1.39 bits per heavy atom. The van der Waals surface area contributed by atoms with Gasteiger partial charge in [0.1, 0.15) is 24.6 Å². The van der Waals surface area contributed by atoms with Crippen LogP contribution in [0.1, 0.15) is 80.7 Å². The molecule has 0 radical (unpaired) electrons. The van der Waals surface area contributed by atoms with Crippen LogP contribution in [0.25, 0.3) is 50.0 Å². The first-order valence-corrected chi connectivity index (χ1v) is 35.9. The highest BCUT2D eigenvalue weighted by atomic mass is 35.5. The number of nitrogens with zero attached hydrogens (tertiary/aromatic N) is 23. The van der Waals surface area contributed by atoms with Gasteiger partial charge >= 0.3 is 24.7 Å². The fourth-order valence-corrected chi connectivity index (χ4v) is 16.1. The third-order valence-electron chi connectivity index (χ3n) is 21.4. The van der Waals surface area contributed by atoms with Crippen LogP contribution in [0.2, 0.25) is 5.02 Å². The van der Waals surface area contributed by atoms with Gasteiger partial charge in [0.2, 0.25) is 41.1 Å². The molecule has 15 heterocycles. The highest BCUT2D eigenvalue weighted by Gasteiger charge is 2.46. The molecule has 6 aliphatic rings. The van der Waals surface area contributed by atoms with Crippen LogP contribution >= 0.6 is 11.6 Å². The standard InChI is InChI=1S/C25H24F3N7O2.C24H24F3N9O.C22H20ClF6N7O/c1-15-13-33(20-4-6-29-19-12-16(2-3-18(19)20)22-30-7-11-37-22)8-5-17(15)23(36)34-9-10-35-21(14-34)31-32-24(35)25(26,27)28;1-15-11-33(20-4-6-29-19-10-16(2-3-18(19)20)36-14-28-13-30-36)7-5-17(15)22(37)34-8-9-35-21(12-34)31-32-23(35)24(25,26)27;1-11-9-34(17-13-2-3-15(21(24,25)26)31-18(13)30-8-14(17)23)5-4-12(11)19(37)35-6-7-36-16(10-35)32-33-20(36)22(27,28)29/h2-4,6-7,11-12,15,17H,5,8-10,13-14H2,1H3;2-4,6,10,13-15,17H,5,7-9,11-12H2,1H3;2-3,8,11-12H,4-7,9-10H2,1H3/t2*15-,17+;11-,12+/m111/s1. The number of hydrogen-bond acceptors (Lipinski definition) is 20. The zero-order valence-electron chi connectivity index (χ0n) is 59.3. The SMILES string of the molecule is C[C@@H]1CN(c2c(Cl)cnc3nc(C(F)(F)F)ccc23)CC[C@@H]1C(=O)N1CCn2c(nnc2C(F)(F)F)C1.C[C@@H]1CN(c2ccnc3cc(-c4ncco4)ccc23)CC[C@@H]1C(=O)N1CCn2c(nnc2C(F)(F)F)C1.C[C@@H]1CN(c2ccnc3cc(-n4cncn4)ccc23)CC[C@@H]1C(=O)N1CCn2c(nnc2C(F)(F)F)C1. The minimum atomic E-state index is -4.62. The van der Waals surface area contributed by atoms with Gasteiger partial charge in [-0.2, -0.15) is 57.8 Å². The van der Waals surface area contributed by atoms with Gasteiger partial charge in [0.15, 0.2) is 23.1 Å². The van der Waals surface area contributed by atoms with Crippen LogP contribution in [-0.4, -0.2) is 175 Å². The molecule has 0 bridgehead atoms. The van der Waals surface area contributed by atoms with Gasteiger partial charge in [0.05, 0.1) is 59.5 Å². The van der Waals surface area contributed by atoms with Crippen molar-refractivity contribution in [1.82, 2.24) is 98.7 Å². The van der Waals surface area contributed by atoms with Gasteiger partial charge in [0.25, 0.3) is 0 Å². The maximum absolute atomic E-state index is 13.4. The third-order valence-corrected chi connectivity index (χ3v) is 21.6. The van der Waals surface area contributed by atoms with E-state index < -0.39 is 53.8 Å². The number of oxazole rings is 1. The molecule has 111 heavy (non-hydrogen) atoms. The Labute approximate surface area is 627 Å². The monoisotopic (exact) mass is 1570 g/mol. The maximum atomic E-state index is 13.4. The van der Waals surface area contributed by atoms with E-state index in [0.717, 1.165) is 64.2 Å². The number of anilines is 3. The number of fused-ring (bicyclic) bond motifs is 6. The van der Waals surface area contributed by atoms with E-state index in [9.17, 15) is 67.1 Å². The summed E-state index contributed by atoms with van der Waals surface area (Å²) in [6, 6.07) is 18.0. The molecule has 0 spiro atoms. The molecule has 27 nitrogen and oxygen atoms in total. The minimum absolute atomic E-state index is 0.0352. The molecule has 3 saturated heterocycles. The summed E-state index contributed by atoms with van der Waals surface area (Å²) in [5.41, 5.74) is 4.84. The second kappa shape index (κ2) is 29.6. The highest BCUT2D eigenvalue weighted by Crippen LogP contribution is 2.42. The summed E-state index contributed by atoms with van der Waals surface area (Å²) in [4.78, 5) is 76.1. The number of benzene rings is 2. The first-order valence-electron chi connectivity index (χ1n) is 35.6. The fourth-order valence-electron chi connectivity index (χ4n) is 15.9. The Balaban J connectivity index is 0.000000132. The second-order valence-electron chi connectivity index (χ2n) is 28.3. The molecular formula is C71H68ClF12N23O4. The van der Waals surface area contributed by atoms with Crippen LogP contribution in [-0.2, 0) is 78.4 Å². The minimum Gasteiger partial charge on any atom is -0.445 e. The molecule has 6 aliphatic heterocycles. The molecule has 11 aromatic rings. The quantitative estimate of drug-likeness (QED) is 0.128. The lowest BCUT2D eigenvalue weighted by Crippen LogP contribution is -2.49. The lowest BCUT2D eigenvalue weighted by atomic mass is 9.85. The lowest BCUT2D eigenvalue weighted by Gasteiger charge is -2.40. The smallest absolute Gasteiger partial charge is 0.445 e. The Morgan fingerprint density at radius 2 is 0.946 bits per heavy atom. The van der Waals surface area contributed by atoms with E-state index in [-0.39, 0.29) is 134 Å². The molecule has 0 aliphatic carbocycles. The first-order chi connectivity index (χ1) is 52.9. The molecule has 17 rings (SSSR count). The summed E-state index contributed by atoms with van der Waals surface area (Å²) < 4.78 is 168. The molecule has 2 aromatic carbocycles. The normalized spacial score (nSPS) is 20.5. The number of carbonyl (C=O) groups is 3. The van der Waals surface area contributed by atoms with Gasteiger partial charge in [-0.3, -0.25) is 24.4 Å². The summed E-state index contributed by atoms with van der Waals surface area (Å²) in [5.74, 6) is -3.25. The van der Waals surface area contributed by atoms with Crippen LogP contribution in [0.4, 0.5) is 69.7 Å². The summed E-state index contributed by atoms with van der Waals surface area (Å²) in [5, 5.41) is 27.7. The van der Waals surface area contributed by atoms with E-state index in [1.165, 1.54) is 29.8 Å². The topological polar surface area (TPSA) is 271 Å². The van der Waals surface area contributed by atoms with Crippen LogP contribution in [0.5, 0.6) is 0 Å². The predicted molar refractivity (Wildman–Crippen MR) is 373 cm³/mol. The Morgan fingerprint density at radius 1 is 0.486 bits per heavy atom. The molecule has 9 aromatic heterocycles. The van der Waals surface area contributed by atoms with Crippen molar-refractivity contribution in [2.75, 3.05) is 73.6 Å². The number of amides is 3. The van der Waals surface area contributed by atoms with Crippen LogP contribution in [0.3, 0.4) is 0 Å². The van der Waals surface area contributed by atoms with Crippen molar-refractivity contribution in [3.8, 4) is 17.1 Å². The zero-order valence-corrected chi connectivity index (χ0v) is 60.1. The number of alkyl halides is 12.